The molecular weight excluding hydrogens is 286 g/mol. The van der Waals surface area contributed by atoms with Crippen molar-refractivity contribution in [2.75, 3.05) is 19.4 Å². The molecule has 0 bridgehead atoms. The van der Waals surface area contributed by atoms with E-state index in [1.54, 1.807) is 24.3 Å². The quantitative estimate of drug-likeness (QED) is 0.654. The summed E-state index contributed by atoms with van der Waals surface area (Å²) in [5.41, 5.74) is 1.14. The number of benzene rings is 1. The maximum Gasteiger partial charge on any atom is 0.333 e. The molecule has 2 rings (SSSR count). The molecule has 1 aromatic carbocycles. The summed E-state index contributed by atoms with van der Waals surface area (Å²) in [5, 5.41) is 2.62. The molecule has 1 aliphatic heterocycles. The van der Waals surface area contributed by atoms with Crippen LogP contribution in [0.3, 0.4) is 0 Å². The van der Waals surface area contributed by atoms with Gasteiger partial charge >= 0.3 is 6.03 Å². The number of carbonyl (C=O) groups is 4. The number of barbiturate groups is 1. The number of carbonyl (C=O) groups excluding carboxylic acids is 4. The van der Waals surface area contributed by atoms with Gasteiger partial charge in [0.15, 0.2) is 0 Å². The Morgan fingerprint density at radius 3 is 1.95 bits per heavy atom. The molecular formula is C15H15N3O4. The highest BCUT2D eigenvalue weighted by Crippen LogP contribution is 2.19. The number of rotatable bonds is 2. The number of anilines is 1. The number of hydrogen-bond acceptors (Lipinski definition) is 4. The van der Waals surface area contributed by atoms with E-state index in [1.165, 1.54) is 27.1 Å². The van der Waals surface area contributed by atoms with Crippen LogP contribution in [0.5, 0.6) is 0 Å². The minimum Gasteiger partial charge on any atom is -0.326 e. The maximum absolute atomic E-state index is 12.0. The summed E-state index contributed by atoms with van der Waals surface area (Å²) in [4.78, 5) is 48.4. The largest absolute Gasteiger partial charge is 0.333 e. The van der Waals surface area contributed by atoms with Gasteiger partial charge in [0.25, 0.3) is 11.8 Å². The van der Waals surface area contributed by atoms with Crippen LogP contribution in [-0.2, 0) is 14.4 Å². The highest BCUT2D eigenvalue weighted by molar-refractivity contribution is 6.30. The molecule has 0 radical (unpaired) electrons. The molecule has 5 amide bonds. The third-order valence-electron chi connectivity index (χ3n) is 3.19. The average molecular weight is 301 g/mol. The molecule has 1 aliphatic rings. The lowest BCUT2D eigenvalue weighted by Crippen LogP contribution is -2.52. The first-order chi connectivity index (χ1) is 10.3. The van der Waals surface area contributed by atoms with Gasteiger partial charge in [-0.1, -0.05) is 12.1 Å². The average Bonchev–Trinajstić information content (AvgIpc) is 2.49. The van der Waals surface area contributed by atoms with Crippen molar-refractivity contribution in [2.45, 2.75) is 6.92 Å². The molecule has 7 nitrogen and oxygen atoms in total. The third kappa shape index (κ3) is 2.88. The van der Waals surface area contributed by atoms with Gasteiger partial charge in [-0.3, -0.25) is 24.2 Å². The van der Waals surface area contributed by atoms with Gasteiger partial charge in [0.1, 0.15) is 5.57 Å². The van der Waals surface area contributed by atoms with Crippen molar-refractivity contribution in [1.82, 2.24) is 9.80 Å². The normalized spacial score (nSPS) is 15.2. The van der Waals surface area contributed by atoms with Crippen molar-refractivity contribution in [3.63, 3.8) is 0 Å². The number of imide groups is 2. The topological polar surface area (TPSA) is 86.8 Å². The summed E-state index contributed by atoms with van der Waals surface area (Å²) in [7, 11) is 2.64. The number of amides is 5. The van der Waals surface area contributed by atoms with Gasteiger partial charge in [0.2, 0.25) is 5.91 Å². The van der Waals surface area contributed by atoms with E-state index in [4.69, 9.17) is 0 Å². The molecule has 1 aromatic rings. The van der Waals surface area contributed by atoms with E-state index in [0.717, 1.165) is 9.80 Å². The first-order valence-electron chi connectivity index (χ1n) is 6.50. The van der Waals surface area contributed by atoms with Crippen LogP contribution in [0.15, 0.2) is 29.8 Å². The molecule has 114 valence electrons. The Balaban J connectivity index is 2.31. The monoisotopic (exact) mass is 301 g/mol. The van der Waals surface area contributed by atoms with Gasteiger partial charge in [-0.05, 0) is 23.8 Å². The molecule has 0 aliphatic carbocycles. The summed E-state index contributed by atoms with van der Waals surface area (Å²) in [6.45, 7) is 1.40. The lowest BCUT2D eigenvalue weighted by Gasteiger charge is -2.28. The Kier molecular flexibility index (Phi) is 4.07. The van der Waals surface area contributed by atoms with E-state index in [1.807, 2.05) is 0 Å². The molecule has 0 saturated carbocycles. The molecule has 0 aromatic heterocycles. The summed E-state index contributed by atoms with van der Waals surface area (Å²) in [6.07, 6.45) is 1.42. The minimum absolute atomic E-state index is 0.0862. The van der Waals surface area contributed by atoms with Gasteiger partial charge in [-0.2, -0.15) is 0 Å². The Labute approximate surface area is 127 Å². The van der Waals surface area contributed by atoms with Crippen LogP contribution < -0.4 is 5.32 Å². The van der Waals surface area contributed by atoms with E-state index in [2.05, 4.69) is 5.32 Å². The van der Waals surface area contributed by atoms with Crippen molar-refractivity contribution >= 4 is 35.5 Å². The Morgan fingerprint density at radius 1 is 1.00 bits per heavy atom. The fourth-order valence-corrected chi connectivity index (χ4v) is 2.01. The fourth-order valence-electron chi connectivity index (χ4n) is 2.01. The molecule has 0 atom stereocenters. The van der Waals surface area contributed by atoms with Crippen molar-refractivity contribution in [3.05, 3.63) is 35.4 Å². The van der Waals surface area contributed by atoms with Gasteiger partial charge in [-0.25, -0.2) is 4.79 Å². The fraction of sp³-hybridized carbons (Fsp3) is 0.200. The smallest absolute Gasteiger partial charge is 0.326 e. The van der Waals surface area contributed by atoms with Crippen LogP contribution in [0.25, 0.3) is 6.08 Å². The van der Waals surface area contributed by atoms with Gasteiger partial charge in [0.05, 0.1) is 0 Å². The highest BCUT2D eigenvalue weighted by Gasteiger charge is 2.37. The Hall–Kier alpha value is -2.96. The molecule has 1 N–H and O–H groups in total. The van der Waals surface area contributed by atoms with E-state index >= 15 is 0 Å². The molecule has 1 saturated heterocycles. The van der Waals surface area contributed by atoms with E-state index in [0.29, 0.717) is 11.3 Å². The van der Waals surface area contributed by atoms with Gasteiger partial charge < -0.3 is 5.32 Å². The molecule has 0 unspecified atom stereocenters. The Bertz CT molecular complexity index is 665. The lowest BCUT2D eigenvalue weighted by molar-refractivity contribution is -0.134. The third-order valence-corrected chi connectivity index (χ3v) is 3.19. The molecule has 1 fully saturated rings. The van der Waals surface area contributed by atoms with Crippen molar-refractivity contribution in [2.24, 2.45) is 0 Å². The van der Waals surface area contributed by atoms with Crippen LogP contribution in [0.4, 0.5) is 10.5 Å². The van der Waals surface area contributed by atoms with E-state index in [-0.39, 0.29) is 11.5 Å². The van der Waals surface area contributed by atoms with Crippen LogP contribution >= 0.6 is 0 Å². The van der Waals surface area contributed by atoms with Crippen LogP contribution in [0.2, 0.25) is 0 Å². The summed E-state index contributed by atoms with van der Waals surface area (Å²) in [5.74, 6) is -1.47. The molecule has 0 spiro atoms. The van der Waals surface area contributed by atoms with Crippen molar-refractivity contribution < 1.29 is 19.2 Å². The van der Waals surface area contributed by atoms with E-state index < -0.39 is 17.8 Å². The summed E-state index contributed by atoms with van der Waals surface area (Å²) < 4.78 is 0. The predicted octanol–water partition coefficient (Wildman–Crippen LogP) is 1.08. The highest BCUT2D eigenvalue weighted by atomic mass is 16.2. The predicted molar refractivity (Wildman–Crippen MR) is 79.7 cm³/mol. The maximum atomic E-state index is 12.0. The standard InChI is InChI=1S/C15H15N3O4/c1-9(19)16-11-6-4-10(5-7-11)8-12-13(20)17(2)15(22)18(3)14(12)21/h4-8H,1-3H3,(H,16,19). The zero-order chi connectivity index (χ0) is 16.4. The van der Waals surface area contributed by atoms with Gasteiger partial charge in [0, 0.05) is 26.7 Å². The Morgan fingerprint density at radius 2 is 1.50 bits per heavy atom. The summed E-state index contributed by atoms with van der Waals surface area (Å²) in [6, 6.07) is 5.98. The first-order valence-corrected chi connectivity index (χ1v) is 6.50. The number of likely N-dealkylation sites (N-methyl/N-ethyl adjacent to an activating group) is 2. The van der Waals surface area contributed by atoms with Crippen molar-refractivity contribution in [1.29, 1.82) is 0 Å². The number of nitrogens with zero attached hydrogens (tertiary/aromatic N) is 2. The van der Waals surface area contributed by atoms with Crippen LogP contribution in [0, 0.1) is 0 Å². The molecule has 22 heavy (non-hydrogen) atoms. The van der Waals surface area contributed by atoms with Crippen molar-refractivity contribution in [3.8, 4) is 0 Å². The SMILES string of the molecule is CC(=O)Nc1ccc(C=C2C(=O)N(C)C(=O)N(C)C2=O)cc1. The second-order valence-electron chi connectivity index (χ2n) is 4.87. The number of nitrogens with one attached hydrogen (secondary N) is 1. The number of hydrogen-bond donors (Lipinski definition) is 1. The zero-order valence-corrected chi connectivity index (χ0v) is 12.4. The second-order valence-corrected chi connectivity index (χ2v) is 4.87. The number of urea groups is 1. The zero-order valence-electron chi connectivity index (χ0n) is 12.4. The molecule has 1 heterocycles. The second kappa shape index (κ2) is 5.80. The lowest BCUT2D eigenvalue weighted by atomic mass is 10.1. The van der Waals surface area contributed by atoms with Crippen LogP contribution in [0.1, 0.15) is 12.5 Å². The first kappa shape index (κ1) is 15.4. The van der Waals surface area contributed by atoms with Crippen LogP contribution in [-0.4, -0.2) is 47.6 Å². The minimum atomic E-state index is -0.659. The van der Waals surface area contributed by atoms with Gasteiger partial charge in [-0.15, -0.1) is 0 Å². The van der Waals surface area contributed by atoms with E-state index in [9.17, 15) is 19.2 Å². The summed E-state index contributed by atoms with van der Waals surface area (Å²) >= 11 is 0. The molecule has 7 heteroatoms.